The molecule has 0 saturated carbocycles. The van der Waals surface area contributed by atoms with Crippen molar-refractivity contribution in [2.75, 3.05) is 12.5 Å². The molecule has 0 aliphatic heterocycles. The van der Waals surface area contributed by atoms with E-state index in [-0.39, 0.29) is 5.56 Å². The van der Waals surface area contributed by atoms with E-state index in [1.54, 1.807) is 0 Å². The minimum Gasteiger partial charge on any atom is -0.465 e. The van der Waals surface area contributed by atoms with Gasteiger partial charge < -0.3 is 4.74 Å². The van der Waals surface area contributed by atoms with Gasteiger partial charge in [0.05, 0.1) is 18.9 Å². The van der Waals surface area contributed by atoms with Gasteiger partial charge in [0, 0.05) is 6.20 Å². The maximum Gasteiger partial charge on any atom is 0.434 e. The van der Waals surface area contributed by atoms with Gasteiger partial charge in [-0.2, -0.15) is 31.4 Å². The van der Waals surface area contributed by atoms with Gasteiger partial charge in [-0.1, -0.05) is 12.1 Å². The maximum atomic E-state index is 13.0. The van der Waals surface area contributed by atoms with Crippen LogP contribution in [-0.2, 0) is 17.1 Å². The van der Waals surface area contributed by atoms with Crippen LogP contribution in [0.2, 0.25) is 0 Å². The fourth-order valence-corrected chi connectivity index (χ4v) is 1.83. The molecule has 0 atom stereocenters. The standard InChI is InChI=1S/C15H10F6N4O2/c1-27-12(26)10-7-22-13(24-11(10)15(19,20)21)25-23-6-8-2-4-9(5-3-8)14(16,17)18/h2-7H,1H3,(H,22,24,25). The normalized spacial score (nSPS) is 12.3. The van der Waals surface area contributed by atoms with E-state index in [0.717, 1.165) is 37.6 Å². The molecule has 1 aromatic heterocycles. The van der Waals surface area contributed by atoms with E-state index in [4.69, 9.17) is 0 Å². The third kappa shape index (κ3) is 5.15. The number of benzene rings is 1. The number of hydrogen-bond acceptors (Lipinski definition) is 6. The van der Waals surface area contributed by atoms with Crippen LogP contribution >= 0.6 is 0 Å². The smallest absolute Gasteiger partial charge is 0.434 e. The van der Waals surface area contributed by atoms with Crippen LogP contribution in [0.4, 0.5) is 32.3 Å². The number of anilines is 1. The van der Waals surface area contributed by atoms with E-state index in [0.29, 0.717) is 6.20 Å². The quantitative estimate of drug-likeness (QED) is 0.371. The largest absolute Gasteiger partial charge is 0.465 e. The molecule has 0 aliphatic rings. The number of ether oxygens (including phenoxy) is 1. The van der Waals surface area contributed by atoms with Gasteiger partial charge in [-0.25, -0.2) is 20.2 Å². The number of aromatic nitrogens is 2. The van der Waals surface area contributed by atoms with Gasteiger partial charge in [0.15, 0.2) is 5.69 Å². The third-order valence-corrected chi connectivity index (χ3v) is 3.08. The lowest BCUT2D eigenvalue weighted by Gasteiger charge is -2.10. The molecule has 27 heavy (non-hydrogen) atoms. The Kier molecular flexibility index (Phi) is 5.66. The summed E-state index contributed by atoms with van der Waals surface area (Å²) in [5.41, 5.74) is -0.892. The maximum absolute atomic E-state index is 13.0. The van der Waals surface area contributed by atoms with Crippen molar-refractivity contribution in [1.29, 1.82) is 0 Å². The number of halogens is 6. The van der Waals surface area contributed by atoms with Gasteiger partial charge in [-0.05, 0) is 17.7 Å². The van der Waals surface area contributed by atoms with Gasteiger partial charge in [0.2, 0.25) is 5.95 Å². The molecule has 0 saturated heterocycles. The number of nitrogens with one attached hydrogen (secondary N) is 1. The van der Waals surface area contributed by atoms with E-state index < -0.39 is 41.1 Å². The van der Waals surface area contributed by atoms with Crippen molar-refractivity contribution in [1.82, 2.24) is 9.97 Å². The molecular formula is C15H10F6N4O2. The molecular weight excluding hydrogens is 382 g/mol. The molecule has 0 spiro atoms. The Balaban J connectivity index is 2.18. The van der Waals surface area contributed by atoms with Crippen molar-refractivity contribution in [2.24, 2.45) is 5.10 Å². The molecule has 1 N–H and O–H groups in total. The van der Waals surface area contributed by atoms with E-state index in [2.05, 4.69) is 25.2 Å². The number of hydrogen-bond donors (Lipinski definition) is 1. The molecule has 1 heterocycles. The van der Waals surface area contributed by atoms with Crippen molar-refractivity contribution in [3.63, 3.8) is 0 Å². The lowest BCUT2D eigenvalue weighted by atomic mass is 10.1. The Labute approximate surface area is 147 Å². The van der Waals surface area contributed by atoms with E-state index in [9.17, 15) is 31.1 Å². The number of methoxy groups -OCH3 is 1. The Hall–Kier alpha value is -3.18. The van der Waals surface area contributed by atoms with Gasteiger partial charge in [-0.15, -0.1) is 0 Å². The molecule has 0 fully saturated rings. The lowest BCUT2D eigenvalue weighted by molar-refractivity contribution is -0.141. The number of rotatable bonds is 4. The van der Waals surface area contributed by atoms with Crippen LogP contribution in [0.3, 0.4) is 0 Å². The van der Waals surface area contributed by atoms with Crippen molar-refractivity contribution >= 4 is 18.1 Å². The zero-order valence-corrected chi connectivity index (χ0v) is 13.4. The Morgan fingerprint density at radius 3 is 2.26 bits per heavy atom. The zero-order valence-electron chi connectivity index (χ0n) is 13.4. The summed E-state index contributed by atoms with van der Waals surface area (Å²) in [5.74, 6) is -1.83. The minimum atomic E-state index is -4.94. The number of alkyl halides is 6. The van der Waals surface area contributed by atoms with Gasteiger partial charge in [-0.3, -0.25) is 0 Å². The van der Waals surface area contributed by atoms with Crippen LogP contribution < -0.4 is 5.43 Å². The topological polar surface area (TPSA) is 76.5 Å². The Bertz CT molecular complexity index is 847. The van der Waals surface area contributed by atoms with Crippen LogP contribution in [-0.4, -0.2) is 29.3 Å². The van der Waals surface area contributed by atoms with E-state index in [1.807, 2.05) is 0 Å². The van der Waals surface area contributed by atoms with Crippen LogP contribution in [0.1, 0.15) is 27.2 Å². The van der Waals surface area contributed by atoms with Crippen molar-refractivity contribution < 1.29 is 35.9 Å². The summed E-state index contributed by atoms with van der Waals surface area (Å²) in [6.45, 7) is 0. The molecule has 1 aromatic carbocycles. The highest BCUT2D eigenvalue weighted by Crippen LogP contribution is 2.31. The average Bonchev–Trinajstić information content (AvgIpc) is 2.60. The molecule has 2 aromatic rings. The molecule has 0 radical (unpaired) electrons. The van der Waals surface area contributed by atoms with Crippen molar-refractivity contribution in [3.05, 3.63) is 52.8 Å². The zero-order chi connectivity index (χ0) is 20.2. The monoisotopic (exact) mass is 392 g/mol. The fraction of sp³-hybridized carbons (Fsp3) is 0.200. The molecule has 0 amide bonds. The summed E-state index contributed by atoms with van der Waals surface area (Å²) < 4.78 is 80.6. The third-order valence-electron chi connectivity index (χ3n) is 3.08. The fourth-order valence-electron chi connectivity index (χ4n) is 1.83. The highest BCUT2D eigenvalue weighted by molar-refractivity contribution is 5.90. The van der Waals surface area contributed by atoms with E-state index in [1.165, 1.54) is 0 Å². The summed E-state index contributed by atoms with van der Waals surface area (Å²) in [5, 5.41) is 3.56. The summed E-state index contributed by atoms with van der Waals surface area (Å²) in [6, 6.07) is 3.89. The first-order chi connectivity index (χ1) is 12.5. The molecule has 2 rings (SSSR count). The summed E-state index contributed by atoms with van der Waals surface area (Å²) in [4.78, 5) is 18.1. The first-order valence-corrected chi connectivity index (χ1v) is 7.01. The molecule has 144 valence electrons. The summed E-state index contributed by atoms with van der Waals surface area (Å²) in [6.07, 6.45) is -7.75. The lowest BCUT2D eigenvalue weighted by Crippen LogP contribution is -2.18. The minimum absolute atomic E-state index is 0.248. The Morgan fingerprint density at radius 1 is 1.11 bits per heavy atom. The first kappa shape index (κ1) is 20.1. The van der Waals surface area contributed by atoms with Crippen LogP contribution in [0.15, 0.2) is 35.6 Å². The molecule has 0 bridgehead atoms. The second-order valence-corrected chi connectivity index (χ2v) is 4.94. The molecule has 0 aliphatic carbocycles. The molecule has 12 heteroatoms. The number of nitrogens with zero attached hydrogens (tertiary/aromatic N) is 3. The number of esters is 1. The van der Waals surface area contributed by atoms with Crippen molar-refractivity contribution in [3.8, 4) is 0 Å². The highest BCUT2D eigenvalue weighted by atomic mass is 19.4. The van der Waals surface area contributed by atoms with Gasteiger partial charge in [0.1, 0.15) is 5.56 Å². The van der Waals surface area contributed by atoms with Crippen LogP contribution in [0.5, 0.6) is 0 Å². The van der Waals surface area contributed by atoms with Gasteiger partial charge in [0.25, 0.3) is 0 Å². The number of carbonyl (C=O) groups excluding carboxylic acids is 1. The van der Waals surface area contributed by atoms with E-state index >= 15 is 0 Å². The predicted molar refractivity (Wildman–Crippen MR) is 81.0 cm³/mol. The molecule has 0 unspecified atom stereocenters. The van der Waals surface area contributed by atoms with Crippen LogP contribution in [0, 0.1) is 0 Å². The van der Waals surface area contributed by atoms with Crippen molar-refractivity contribution in [2.45, 2.75) is 12.4 Å². The number of carbonyl (C=O) groups is 1. The second kappa shape index (κ2) is 7.60. The molecule has 6 nitrogen and oxygen atoms in total. The van der Waals surface area contributed by atoms with Gasteiger partial charge >= 0.3 is 18.3 Å². The number of hydrazone groups is 1. The summed E-state index contributed by atoms with van der Waals surface area (Å²) >= 11 is 0. The van der Waals surface area contributed by atoms with Crippen LogP contribution in [0.25, 0.3) is 0 Å². The predicted octanol–water partition coefficient (Wildman–Crippen LogP) is 3.75. The highest BCUT2D eigenvalue weighted by Gasteiger charge is 2.38. The average molecular weight is 392 g/mol. The second-order valence-electron chi connectivity index (χ2n) is 4.94. The summed E-state index contributed by atoms with van der Waals surface area (Å²) in [7, 11) is 0.906. The first-order valence-electron chi connectivity index (χ1n) is 7.01. The SMILES string of the molecule is COC(=O)c1cnc(NN=Cc2ccc(C(F)(F)F)cc2)nc1C(F)(F)F. The Morgan fingerprint density at radius 2 is 1.74 bits per heavy atom.